The smallest absolute Gasteiger partial charge is 0.306 e. The second-order valence-electron chi connectivity index (χ2n) is 9.09. The van der Waals surface area contributed by atoms with Gasteiger partial charge < -0.3 is 19.5 Å². The van der Waals surface area contributed by atoms with Crippen LogP contribution in [0.3, 0.4) is 0 Å². The van der Waals surface area contributed by atoms with Gasteiger partial charge in [0.15, 0.2) is 16.7 Å². The number of hydrogen-bond donors (Lipinski definition) is 1. The second kappa shape index (κ2) is 11.2. The van der Waals surface area contributed by atoms with E-state index in [1.165, 1.54) is 17.4 Å². The van der Waals surface area contributed by atoms with Crippen molar-refractivity contribution in [1.29, 1.82) is 0 Å². The second-order valence-corrected chi connectivity index (χ2v) is 9.93. The van der Waals surface area contributed by atoms with Gasteiger partial charge in [-0.25, -0.2) is 13.8 Å². The molecule has 5 rings (SSSR count). The Kier molecular flexibility index (Phi) is 7.55. The third-order valence-corrected chi connectivity index (χ3v) is 7.55. The molecule has 0 aliphatic carbocycles. The lowest BCUT2D eigenvalue weighted by Crippen LogP contribution is -2.36. The summed E-state index contributed by atoms with van der Waals surface area (Å²) in [6, 6.07) is 17.5. The van der Waals surface area contributed by atoms with Crippen molar-refractivity contribution in [2.24, 2.45) is 5.92 Å². The number of halogens is 2. The molecule has 1 aromatic heterocycles. The number of carbonyl (C=O) groups is 1. The summed E-state index contributed by atoms with van der Waals surface area (Å²) in [7, 11) is 1.62. The average molecular weight is 537 g/mol. The molecule has 9 heteroatoms. The number of thiazole rings is 1. The normalized spacial score (nSPS) is 13.9. The lowest BCUT2D eigenvalue weighted by molar-refractivity contribution is -0.142. The zero-order valence-corrected chi connectivity index (χ0v) is 21.5. The van der Waals surface area contributed by atoms with Gasteiger partial charge in [-0.15, -0.1) is 11.3 Å². The molecule has 1 aliphatic rings. The van der Waals surface area contributed by atoms with Crippen LogP contribution in [0.15, 0.2) is 66.0 Å². The van der Waals surface area contributed by atoms with Crippen molar-refractivity contribution in [2.75, 3.05) is 25.1 Å². The van der Waals surface area contributed by atoms with E-state index in [1.54, 1.807) is 12.5 Å². The molecule has 0 radical (unpaired) electrons. The Morgan fingerprint density at radius 1 is 1.05 bits per heavy atom. The summed E-state index contributed by atoms with van der Waals surface area (Å²) in [4.78, 5) is 17.8. The fraction of sp³-hybridized carbons (Fsp3) is 0.241. The molecule has 3 aromatic carbocycles. The number of piperidine rings is 1. The van der Waals surface area contributed by atoms with Crippen LogP contribution in [0.25, 0.3) is 22.4 Å². The highest BCUT2D eigenvalue weighted by Crippen LogP contribution is 2.37. The van der Waals surface area contributed by atoms with Gasteiger partial charge in [-0.3, -0.25) is 4.79 Å². The number of benzene rings is 3. The highest BCUT2D eigenvalue weighted by atomic mass is 32.1. The standard InChI is InChI=1S/C29H26F2N2O4S/c1-36-23-8-6-20(7-9-23)19-4-2-18(3-5-19)16-37-27-24(14-22(30)15-25(27)31)26-17-38-29(32-26)33-12-10-21(11-13-33)28(34)35/h2-9,14-15,17,21H,10-13,16H2,1H3,(H,34,35). The first kappa shape index (κ1) is 25.7. The van der Waals surface area contributed by atoms with Gasteiger partial charge in [0, 0.05) is 30.1 Å². The number of aliphatic carboxylic acids is 1. The van der Waals surface area contributed by atoms with E-state index in [2.05, 4.69) is 4.98 Å². The molecular formula is C29H26F2N2O4S. The van der Waals surface area contributed by atoms with Gasteiger partial charge in [-0.1, -0.05) is 36.4 Å². The van der Waals surface area contributed by atoms with Gasteiger partial charge in [0.25, 0.3) is 0 Å². The highest BCUT2D eigenvalue weighted by Gasteiger charge is 2.26. The Morgan fingerprint density at radius 2 is 1.71 bits per heavy atom. The largest absolute Gasteiger partial charge is 0.497 e. The summed E-state index contributed by atoms with van der Waals surface area (Å²) in [5, 5.41) is 11.7. The number of carboxylic acids is 1. The van der Waals surface area contributed by atoms with Gasteiger partial charge >= 0.3 is 5.97 Å². The summed E-state index contributed by atoms with van der Waals surface area (Å²) in [5.74, 6) is -1.93. The molecule has 2 heterocycles. The van der Waals surface area contributed by atoms with Gasteiger partial charge in [0.05, 0.1) is 18.7 Å². The molecule has 0 unspecified atom stereocenters. The van der Waals surface area contributed by atoms with Crippen molar-refractivity contribution in [2.45, 2.75) is 19.4 Å². The number of anilines is 1. The van der Waals surface area contributed by atoms with Crippen molar-refractivity contribution < 1.29 is 28.2 Å². The summed E-state index contributed by atoms with van der Waals surface area (Å²) in [5.41, 5.74) is 3.54. The molecule has 38 heavy (non-hydrogen) atoms. The SMILES string of the molecule is COc1ccc(-c2ccc(COc3c(F)cc(F)cc3-c3csc(N4CCC(C(=O)O)CC4)n3)cc2)cc1. The molecule has 1 aliphatic heterocycles. The molecule has 0 amide bonds. The van der Waals surface area contributed by atoms with Crippen LogP contribution in [0, 0.1) is 17.6 Å². The van der Waals surface area contributed by atoms with E-state index >= 15 is 0 Å². The predicted octanol–water partition coefficient (Wildman–Crippen LogP) is 6.64. The molecule has 0 saturated carbocycles. The minimum atomic E-state index is -0.799. The molecule has 1 N–H and O–H groups in total. The Labute approximate surface area is 223 Å². The predicted molar refractivity (Wildman–Crippen MR) is 143 cm³/mol. The maximum absolute atomic E-state index is 14.9. The van der Waals surface area contributed by atoms with E-state index in [9.17, 15) is 18.7 Å². The van der Waals surface area contributed by atoms with Crippen LogP contribution in [-0.4, -0.2) is 36.3 Å². The number of methoxy groups -OCH3 is 1. The highest BCUT2D eigenvalue weighted by molar-refractivity contribution is 7.14. The van der Waals surface area contributed by atoms with Crippen molar-refractivity contribution in [3.8, 4) is 33.9 Å². The maximum atomic E-state index is 14.9. The van der Waals surface area contributed by atoms with E-state index in [0.717, 1.165) is 28.5 Å². The zero-order valence-electron chi connectivity index (χ0n) is 20.7. The topological polar surface area (TPSA) is 71.9 Å². The Balaban J connectivity index is 1.31. The van der Waals surface area contributed by atoms with E-state index in [-0.39, 0.29) is 23.8 Å². The first-order chi connectivity index (χ1) is 18.4. The number of aromatic nitrogens is 1. The molecule has 4 aromatic rings. The Bertz CT molecular complexity index is 1420. The van der Waals surface area contributed by atoms with Gasteiger partial charge in [-0.2, -0.15) is 0 Å². The zero-order chi connectivity index (χ0) is 26.6. The van der Waals surface area contributed by atoms with Crippen LogP contribution < -0.4 is 14.4 Å². The number of ether oxygens (including phenoxy) is 2. The monoisotopic (exact) mass is 536 g/mol. The van der Waals surface area contributed by atoms with Crippen LogP contribution in [0.4, 0.5) is 13.9 Å². The van der Waals surface area contributed by atoms with Crippen molar-refractivity contribution in [3.63, 3.8) is 0 Å². The van der Waals surface area contributed by atoms with Crippen LogP contribution in [0.5, 0.6) is 11.5 Å². The minimum Gasteiger partial charge on any atom is -0.497 e. The molecule has 0 bridgehead atoms. The van der Waals surface area contributed by atoms with E-state index in [1.807, 2.05) is 53.4 Å². The quantitative estimate of drug-likeness (QED) is 0.272. The molecule has 0 spiro atoms. The van der Waals surface area contributed by atoms with Crippen molar-refractivity contribution >= 4 is 22.4 Å². The molecule has 0 atom stereocenters. The number of hydrogen-bond acceptors (Lipinski definition) is 6. The third kappa shape index (κ3) is 5.62. The minimum absolute atomic E-state index is 0.0629. The maximum Gasteiger partial charge on any atom is 0.306 e. The summed E-state index contributed by atoms with van der Waals surface area (Å²) < 4.78 is 40.1. The first-order valence-corrected chi connectivity index (χ1v) is 13.1. The average Bonchev–Trinajstić information content (AvgIpc) is 3.43. The molecule has 1 saturated heterocycles. The van der Waals surface area contributed by atoms with E-state index in [0.29, 0.717) is 36.8 Å². The number of rotatable bonds is 8. The summed E-state index contributed by atoms with van der Waals surface area (Å²) >= 11 is 1.36. The first-order valence-electron chi connectivity index (χ1n) is 12.2. The van der Waals surface area contributed by atoms with Crippen LogP contribution >= 0.6 is 11.3 Å². The van der Waals surface area contributed by atoms with Gasteiger partial charge in [0.2, 0.25) is 0 Å². The Hall–Kier alpha value is -3.98. The molecule has 6 nitrogen and oxygen atoms in total. The van der Waals surface area contributed by atoms with Crippen molar-refractivity contribution in [3.05, 3.63) is 83.2 Å². The Morgan fingerprint density at radius 3 is 2.34 bits per heavy atom. The van der Waals surface area contributed by atoms with Gasteiger partial charge in [0.1, 0.15) is 18.2 Å². The number of carboxylic acid groups (broad SMARTS) is 1. The van der Waals surface area contributed by atoms with Gasteiger partial charge in [-0.05, 0) is 47.7 Å². The van der Waals surface area contributed by atoms with E-state index < -0.39 is 17.6 Å². The van der Waals surface area contributed by atoms with E-state index in [4.69, 9.17) is 9.47 Å². The molecule has 196 valence electrons. The fourth-order valence-electron chi connectivity index (χ4n) is 4.48. The van der Waals surface area contributed by atoms with Crippen molar-refractivity contribution in [1.82, 2.24) is 4.98 Å². The summed E-state index contributed by atoms with van der Waals surface area (Å²) in [6.07, 6.45) is 1.06. The lowest BCUT2D eigenvalue weighted by Gasteiger charge is -2.29. The molecular weight excluding hydrogens is 510 g/mol. The lowest BCUT2D eigenvalue weighted by atomic mass is 9.97. The fourth-order valence-corrected chi connectivity index (χ4v) is 5.36. The number of nitrogens with zero attached hydrogens (tertiary/aromatic N) is 2. The molecule has 1 fully saturated rings. The van der Waals surface area contributed by atoms with Crippen LogP contribution in [0.1, 0.15) is 18.4 Å². The third-order valence-electron chi connectivity index (χ3n) is 6.65. The summed E-state index contributed by atoms with van der Waals surface area (Å²) in [6.45, 7) is 1.23. The van der Waals surface area contributed by atoms with Crippen LogP contribution in [-0.2, 0) is 11.4 Å². The van der Waals surface area contributed by atoms with Crippen LogP contribution in [0.2, 0.25) is 0 Å².